The lowest BCUT2D eigenvalue weighted by Crippen LogP contribution is -2.33. The van der Waals surface area contributed by atoms with Crippen molar-refractivity contribution < 1.29 is 27.9 Å². The summed E-state index contributed by atoms with van der Waals surface area (Å²) in [4.78, 5) is 34.9. The number of pyridine rings is 1. The first-order valence-corrected chi connectivity index (χ1v) is 11.2. The highest BCUT2D eigenvalue weighted by Gasteiger charge is 2.44. The molecule has 6 nitrogen and oxygen atoms in total. The van der Waals surface area contributed by atoms with Crippen molar-refractivity contribution in [1.29, 1.82) is 0 Å². The van der Waals surface area contributed by atoms with E-state index in [1.165, 1.54) is 35.5 Å². The fourth-order valence-corrected chi connectivity index (χ4v) is 4.55. The van der Waals surface area contributed by atoms with Crippen molar-refractivity contribution >= 4 is 22.6 Å². The molecule has 0 aliphatic carbocycles. The quantitative estimate of drug-likeness (QED) is 0.354. The topological polar surface area (TPSA) is 86.3 Å². The van der Waals surface area contributed by atoms with Gasteiger partial charge in [-0.2, -0.15) is 13.2 Å². The zero-order chi connectivity index (χ0) is 25.4. The van der Waals surface area contributed by atoms with E-state index in [-0.39, 0.29) is 23.2 Å². The zero-order valence-electron chi connectivity index (χ0n) is 18.8. The van der Waals surface area contributed by atoms with E-state index in [2.05, 4.69) is 9.97 Å². The molecule has 0 saturated carbocycles. The molecule has 0 radical (unpaired) electrons. The number of para-hydroxylation sites is 1. The lowest BCUT2D eigenvalue weighted by atomic mass is 9.92. The van der Waals surface area contributed by atoms with Crippen LogP contribution >= 0.6 is 0 Å². The van der Waals surface area contributed by atoms with Crippen molar-refractivity contribution in [2.24, 2.45) is 0 Å². The molecular weight excluding hydrogens is 471 g/mol. The number of aliphatic hydroxyl groups excluding tert-OH is 1. The van der Waals surface area contributed by atoms with Crippen LogP contribution in [0.15, 0.2) is 90.6 Å². The maximum absolute atomic E-state index is 13.3. The summed E-state index contributed by atoms with van der Waals surface area (Å²) in [6.07, 6.45) is 0.477. The molecule has 9 heteroatoms. The predicted octanol–water partition coefficient (Wildman–Crippen LogP) is 5.40. The lowest BCUT2D eigenvalue weighted by molar-refractivity contribution is -0.137. The second-order valence-corrected chi connectivity index (χ2v) is 8.46. The molecule has 0 spiro atoms. The molecule has 0 saturated heterocycles. The number of nitrogens with one attached hydrogen (secondary N) is 1. The number of carbonyl (C=O) groups excluding carboxylic acids is 2. The summed E-state index contributed by atoms with van der Waals surface area (Å²) in [7, 11) is 0. The molecule has 1 unspecified atom stereocenters. The monoisotopic (exact) mass is 491 g/mol. The number of aliphatic hydroxyl groups is 1. The Hall–Kier alpha value is -4.40. The van der Waals surface area contributed by atoms with E-state index < -0.39 is 35.2 Å². The van der Waals surface area contributed by atoms with Crippen LogP contribution in [0.1, 0.15) is 33.1 Å². The van der Waals surface area contributed by atoms with Crippen molar-refractivity contribution in [2.75, 3.05) is 6.54 Å². The van der Waals surface area contributed by atoms with Crippen LogP contribution in [-0.2, 0) is 17.4 Å². The van der Waals surface area contributed by atoms with E-state index in [0.717, 1.165) is 28.6 Å². The molecule has 3 heterocycles. The van der Waals surface area contributed by atoms with Gasteiger partial charge in [-0.3, -0.25) is 14.6 Å². The van der Waals surface area contributed by atoms with Crippen LogP contribution in [0.4, 0.5) is 13.2 Å². The summed E-state index contributed by atoms with van der Waals surface area (Å²) >= 11 is 0. The Morgan fingerprint density at radius 2 is 1.81 bits per heavy atom. The molecule has 182 valence electrons. The molecular formula is C27H20F3N3O3. The summed E-state index contributed by atoms with van der Waals surface area (Å²) in [6.45, 7) is 0.125. The summed E-state index contributed by atoms with van der Waals surface area (Å²) in [5.41, 5.74) is 1.25. The van der Waals surface area contributed by atoms with Gasteiger partial charge in [-0.15, -0.1) is 0 Å². The molecule has 2 N–H and O–H groups in total. The smallest absolute Gasteiger partial charge is 0.416 e. The summed E-state index contributed by atoms with van der Waals surface area (Å²) in [5.74, 6) is -2.09. The number of hydrogen-bond acceptors (Lipinski definition) is 4. The molecule has 2 aromatic carbocycles. The van der Waals surface area contributed by atoms with Crippen molar-refractivity contribution in [1.82, 2.24) is 14.9 Å². The Morgan fingerprint density at radius 3 is 2.50 bits per heavy atom. The van der Waals surface area contributed by atoms with E-state index in [0.29, 0.717) is 6.42 Å². The highest BCUT2D eigenvalue weighted by atomic mass is 19.4. The van der Waals surface area contributed by atoms with Crippen LogP contribution < -0.4 is 0 Å². The molecule has 5 rings (SSSR count). The normalized spacial score (nSPS) is 16.2. The van der Waals surface area contributed by atoms with Crippen LogP contribution in [-0.4, -0.2) is 38.2 Å². The third-order valence-corrected chi connectivity index (χ3v) is 6.32. The van der Waals surface area contributed by atoms with Crippen LogP contribution in [0.3, 0.4) is 0 Å². The molecule has 36 heavy (non-hydrogen) atoms. The zero-order valence-corrected chi connectivity index (χ0v) is 18.8. The Bertz CT molecular complexity index is 1470. The molecule has 1 atom stereocenters. The van der Waals surface area contributed by atoms with E-state index in [1.54, 1.807) is 6.07 Å². The van der Waals surface area contributed by atoms with Crippen LogP contribution in [0.2, 0.25) is 0 Å². The van der Waals surface area contributed by atoms with Gasteiger partial charge in [0.1, 0.15) is 0 Å². The van der Waals surface area contributed by atoms with Gasteiger partial charge in [-0.25, -0.2) is 0 Å². The number of amides is 1. The second kappa shape index (κ2) is 8.99. The van der Waals surface area contributed by atoms with Gasteiger partial charge in [0, 0.05) is 41.6 Å². The number of hydrogen-bond donors (Lipinski definition) is 2. The van der Waals surface area contributed by atoms with Gasteiger partial charge in [-0.1, -0.05) is 30.3 Å². The molecule has 2 aromatic heterocycles. The van der Waals surface area contributed by atoms with Gasteiger partial charge in [0.15, 0.2) is 11.5 Å². The van der Waals surface area contributed by atoms with E-state index >= 15 is 0 Å². The molecule has 1 amide bonds. The molecule has 0 fully saturated rings. The standard InChI is InChI=1S/C27H20F3N3O3/c28-27(29,30)19-9-7-16(8-10-19)23-22(24(34)18-4-3-12-31-14-18)25(35)26(36)33(23)13-11-17-15-32-21-6-2-1-5-20(17)21/h1-10,12,14-15,23,32,35H,11,13H2. The average Bonchev–Trinajstić information content (AvgIpc) is 3.41. The highest BCUT2D eigenvalue weighted by Crippen LogP contribution is 2.40. The number of aromatic nitrogens is 2. The van der Waals surface area contributed by atoms with E-state index in [4.69, 9.17) is 0 Å². The average molecular weight is 491 g/mol. The minimum Gasteiger partial charge on any atom is -0.503 e. The number of alkyl halides is 3. The first-order chi connectivity index (χ1) is 17.3. The minimum atomic E-state index is -4.54. The SMILES string of the molecule is O=C(C1=C(O)C(=O)N(CCc2c[nH]c3ccccc23)C1c1ccc(C(F)(F)F)cc1)c1cccnc1. The predicted molar refractivity (Wildman–Crippen MR) is 126 cm³/mol. The van der Waals surface area contributed by atoms with Gasteiger partial charge in [-0.05, 0) is 47.9 Å². The first-order valence-electron chi connectivity index (χ1n) is 11.2. The number of Topliss-reactive ketones (excluding diaryl/α,β-unsaturated/α-hetero) is 1. The lowest BCUT2D eigenvalue weighted by Gasteiger charge is -2.27. The number of halogens is 3. The fraction of sp³-hybridized carbons (Fsp3) is 0.148. The molecule has 4 aromatic rings. The number of nitrogens with zero attached hydrogens (tertiary/aromatic N) is 2. The fourth-order valence-electron chi connectivity index (χ4n) is 4.55. The van der Waals surface area contributed by atoms with Gasteiger partial charge >= 0.3 is 6.18 Å². The number of carbonyl (C=O) groups is 2. The van der Waals surface area contributed by atoms with Gasteiger partial charge in [0.2, 0.25) is 0 Å². The Kier molecular flexibility index (Phi) is 5.83. The second-order valence-electron chi connectivity index (χ2n) is 8.46. The van der Waals surface area contributed by atoms with Crippen molar-refractivity contribution in [3.63, 3.8) is 0 Å². The Morgan fingerprint density at radius 1 is 1.06 bits per heavy atom. The number of ketones is 1. The first kappa shape index (κ1) is 23.3. The van der Waals surface area contributed by atoms with Crippen molar-refractivity contribution in [3.8, 4) is 0 Å². The minimum absolute atomic E-state index is 0.125. The maximum atomic E-state index is 13.3. The number of benzene rings is 2. The molecule has 1 aliphatic rings. The third kappa shape index (κ3) is 4.13. The summed E-state index contributed by atoms with van der Waals surface area (Å²) in [6, 6.07) is 13.9. The van der Waals surface area contributed by atoms with E-state index in [9.17, 15) is 27.9 Å². The Balaban J connectivity index is 1.53. The van der Waals surface area contributed by atoms with Gasteiger partial charge < -0.3 is 15.0 Å². The maximum Gasteiger partial charge on any atom is 0.416 e. The number of rotatable bonds is 6. The van der Waals surface area contributed by atoms with Crippen molar-refractivity contribution in [2.45, 2.75) is 18.6 Å². The van der Waals surface area contributed by atoms with Crippen LogP contribution in [0.25, 0.3) is 10.9 Å². The number of aromatic amines is 1. The Labute approximate surface area is 203 Å². The van der Waals surface area contributed by atoms with Crippen LogP contribution in [0.5, 0.6) is 0 Å². The van der Waals surface area contributed by atoms with Crippen molar-refractivity contribution in [3.05, 3.63) is 113 Å². The van der Waals surface area contributed by atoms with E-state index in [1.807, 2.05) is 30.5 Å². The van der Waals surface area contributed by atoms with Crippen LogP contribution in [0, 0.1) is 0 Å². The summed E-state index contributed by atoms with van der Waals surface area (Å²) < 4.78 is 39.5. The largest absolute Gasteiger partial charge is 0.503 e. The van der Waals surface area contributed by atoms with Gasteiger partial charge in [0.05, 0.1) is 17.2 Å². The molecule has 1 aliphatic heterocycles. The summed E-state index contributed by atoms with van der Waals surface area (Å²) in [5, 5.41) is 11.7. The molecule has 0 bridgehead atoms. The number of fused-ring (bicyclic) bond motifs is 1. The third-order valence-electron chi connectivity index (χ3n) is 6.32. The number of H-pyrrole nitrogens is 1. The highest BCUT2D eigenvalue weighted by molar-refractivity contribution is 6.16. The van der Waals surface area contributed by atoms with Gasteiger partial charge in [0.25, 0.3) is 5.91 Å².